The molecule has 4 aliphatic heterocycles. The zero-order valence-electron chi connectivity index (χ0n) is 15.3. The van der Waals surface area contributed by atoms with Gasteiger partial charge in [0, 0.05) is 17.5 Å². The Morgan fingerprint density at radius 1 is 1.42 bits per heavy atom. The lowest BCUT2D eigenvalue weighted by Crippen LogP contribution is -2.58. The van der Waals surface area contributed by atoms with Crippen LogP contribution in [0, 0.1) is 11.8 Å². The van der Waals surface area contributed by atoms with Crippen molar-refractivity contribution in [3.8, 4) is 0 Å². The van der Waals surface area contributed by atoms with Gasteiger partial charge in [-0.15, -0.1) is 0 Å². The molecule has 6 rings (SSSR count). The van der Waals surface area contributed by atoms with E-state index in [2.05, 4.69) is 12.2 Å². The molecule has 5 aliphatic rings. The van der Waals surface area contributed by atoms with Gasteiger partial charge in [0.15, 0.2) is 0 Å². The maximum Gasteiger partial charge on any atom is 0.264 e. The van der Waals surface area contributed by atoms with Crippen molar-refractivity contribution in [2.24, 2.45) is 11.8 Å². The van der Waals surface area contributed by atoms with Gasteiger partial charge in [0.05, 0.1) is 32.1 Å². The van der Waals surface area contributed by atoms with Crippen molar-refractivity contribution >= 4 is 11.6 Å². The summed E-state index contributed by atoms with van der Waals surface area (Å²) in [5.74, 6) is 0.652. The Morgan fingerprint density at radius 3 is 2.96 bits per heavy atom. The summed E-state index contributed by atoms with van der Waals surface area (Å²) < 4.78 is 6.30. The fraction of sp³-hybridized carbons (Fsp3) is 0.650. The number of ether oxygens (including phenoxy) is 1. The van der Waals surface area contributed by atoms with E-state index in [1.807, 2.05) is 24.3 Å². The molecule has 3 saturated heterocycles. The summed E-state index contributed by atoms with van der Waals surface area (Å²) in [5, 5.41) is 15.3. The Labute approximate surface area is 153 Å². The van der Waals surface area contributed by atoms with Gasteiger partial charge in [0.25, 0.3) is 5.91 Å². The normalized spacial score (nSPS) is 43.2. The number of hydroxylamine groups is 1. The van der Waals surface area contributed by atoms with Crippen LogP contribution in [0.15, 0.2) is 24.3 Å². The molecule has 6 heteroatoms. The highest BCUT2D eigenvalue weighted by Gasteiger charge is 2.67. The predicted molar refractivity (Wildman–Crippen MR) is 95.6 cm³/mol. The van der Waals surface area contributed by atoms with E-state index in [0.29, 0.717) is 24.9 Å². The van der Waals surface area contributed by atoms with Crippen molar-refractivity contribution in [3.63, 3.8) is 0 Å². The van der Waals surface area contributed by atoms with Crippen LogP contribution in [0.2, 0.25) is 0 Å². The summed E-state index contributed by atoms with van der Waals surface area (Å²) >= 11 is 0. The number of rotatable bonds is 3. The van der Waals surface area contributed by atoms with E-state index < -0.39 is 5.41 Å². The van der Waals surface area contributed by atoms with Gasteiger partial charge in [-0.25, -0.2) is 0 Å². The maximum atomic E-state index is 13.5. The number of anilines is 1. The van der Waals surface area contributed by atoms with Crippen molar-refractivity contribution < 1.29 is 19.5 Å². The van der Waals surface area contributed by atoms with Crippen LogP contribution in [-0.2, 0) is 19.8 Å². The van der Waals surface area contributed by atoms with Crippen LogP contribution in [0.5, 0.6) is 0 Å². The summed E-state index contributed by atoms with van der Waals surface area (Å²) in [4.78, 5) is 19.0. The van der Waals surface area contributed by atoms with Crippen molar-refractivity contribution in [2.75, 3.05) is 25.4 Å². The van der Waals surface area contributed by atoms with Gasteiger partial charge in [-0.1, -0.05) is 25.1 Å². The first-order valence-corrected chi connectivity index (χ1v) is 9.59. The predicted octanol–water partition coefficient (Wildman–Crippen LogP) is 1.37. The molecule has 6 nitrogen and oxygen atoms in total. The number of benzene rings is 1. The molecule has 140 valence electrons. The molecule has 2 N–H and O–H groups in total. The van der Waals surface area contributed by atoms with E-state index in [4.69, 9.17) is 9.57 Å². The molecule has 1 saturated carbocycles. The van der Waals surface area contributed by atoms with Crippen LogP contribution in [0.25, 0.3) is 0 Å². The molecule has 1 aliphatic carbocycles. The number of fused-ring (bicyclic) bond motifs is 2. The molecule has 4 heterocycles. The van der Waals surface area contributed by atoms with Gasteiger partial charge in [-0.05, 0) is 36.8 Å². The third kappa shape index (κ3) is 1.78. The molecule has 1 aromatic carbocycles. The quantitative estimate of drug-likeness (QED) is 0.854. The average molecular weight is 358 g/mol. The molecule has 1 aromatic rings. The summed E-state index contributed by atoms with van der Waals surface area (Å²) in [6.45, 7) is 2.92. The first-order chi connectivity index (χ1) is 12.6. The number of hydrogen-bond donors (Lipinski definition) is 2. The summed E-state index contributed by atoms with van der Waals surface area (Å²) in [5.41, 5.74) is 0.885. The molecular weight excluding hydrogens is 332 g/mol. The highest BCUT2D eigenvalue weighted by molar-refractivity contribution is 6.07. The molecule has 0 unspecified atom stereocenters. The Kier molecular flexibility index (Phi) is 3.54. The molecule has 26 heavy (non-hydrogen) atoms. The first-order valence-electron chi connectivity index (χ1n) is 9.59. The van der Waals surface area contributed by atoms with E-state index in [-0.39, 0.29) is 30.2 Å². The molecule has 0 radical (unpaired) electrons. The molecule has 4 fully saturated rings. The molecule has 0 aromatic heterocycles. The number of hydrogen-bond acceptors (Lipinski definition) is 5. The lowest BCUT2D eigenvalue weighted by molar-refractivity contribution is -0.139. The number of carbonyl (C=O) groups is 1. The lowest BCUT2D eigenvalue weighted by atomic mass is 9.69. The Hall–Kier alpha value is -1.47. The van der Waals surface area contributed by atoms with Gasteiger partial charge in [0.1, 0.15) is 5.41 Å². The minimum absolute atomic E-state index is 0.0210. The number of carbonyl (C=O) groups excluding carboxylic acids is 1. The highest BCUT2D eigenvalue weighted by atomic mass is 16.7. The number of amides is 1. The van der Waals surface area contributed by atoms with Crippen molar-refractivity contribution in [1.82, 2.24) is 5.32 Å². The van der Waals surface area contributed by atoms with E-state index in [9.17, 15) is 9.90 Å². The van der Waals surface area contributed by atoms with Gasteiger partial charge < -0.3 is 15.2 Å². The lowest BCUT2D eigenvalue weighted by Gasteiger charge is -2.44. The third-order valence-electron chi connectivity index (χ3n) is 7.53. The standard InChI is InChI=1S/C20H26N2O4/c1-3-19(11-23)14-8-17-20(9-15(21-19)12(14)10-26-17)13-6-4-5-7-16(13)22(25-2)18(20)24/h4-7,12,14-15,17,21,23H,3,8-11H2,1-2H3/t12-,14+,15+,17-,19+,20+/m1/s1. The number of aliphatic hydroxyl groups is 1. The van der Waals surface area contributed by atoms with E-state index in [1.165, 1.54) is 5.06 Å². The van der Waals surface area contributed by atoms with Crippen LogP contribution in [0.3, 0.4) is 0 Å². The zero-order chi connectivity index (χ0) is 18.1. The monoisotopic (exact) mass is 358 g/mol. The first kappa shape index (κ1) is 16.7. The second kappa shape index (κ2) is 5.52. The third-order valence-corrected chi connectivity index (χ3v) is 7.53. The second-order valence-electron chi connectivity index (χ2n) is 8.22. The van der Waals surface area contributed by atoms with Gasteiger partial charge in [-0.2, -0.15) is 5.06 Å². The number of nitrogens with one attached hydrogen (secondary N) is 1. The van der Waals surface area contributed by atoms with Crippen molar-refractivity contribution in [3.05, 3.63) is 29.8 Å². The number of nitrogens with zero attached hydrogens (tertiary/aromatic N) is 1. The zero-order valence-corrected chi connectivity index (χ0v) is 15.3. The average Bonchev–Trinajstić information content (AvgIpc) is 2.99. The fourth-order valence-electron chi connectivity index (χ4n) is 6.22. The number of aliphatic hydroxyl groups excluding tert-OH is 1. The Morgan fingerprint density at radius 2 is 2.23 bits per heavy atom. The topological polar surface area (TPSA) is 71.0 Å². The number of para-hydroxylation sites is 1. The van der Waals surface area contributed by atoms with E-state index in [1.54, 1.807) is 7.11 Å². The summed E-state index contributed by atoms with van der Waals surface area (Å²) in [7, 11) is 1.54. The van der Waals surface area contributed by atoms with Crippen molar-refractivity contribution in [1.29, 1.82) is 0 Å². The molecule has 1 amide bonds. The fourth-order valence-corrected chi connectivity index (χ4v) is 6.22. The van der Waals surface area contributed by atoms with Crippen LogP contribution in [0.4, 0.5) is 5.69 Å². The Balaban J connectivity index is 1.64. The SMILES string of the molecule is CC[C@@]1(CO)N[C@H]2C[C@@]3(C(=O)N(OC)c4ccccc43)[C@H]3C[C@H]1[C@H]2CO3. The molecule has 6 atom stereocenters. The van der Waals surface area contributed by atoms with Crippen LogP contribution in [-0.4, -0.2) is 49.0 Å². The Bertz CT molecular complexity index is 749. The van der Waals surface area contributed by atoms with E-state index in [0.717, 1.165) is 24.1 Å². The van der Waals surface area contributed by atoms with Gasteiger partial charge in [-0.3, -0.25) is 9.63 Å². The van der Waals surface area contributed by atoms with Crippen molar-refractivity contribution in [2.45, 2.75) is 49.3 Å². The minimum Gasteiger partial charge on any atom is -0.394 e. The molecule has 4 bridgehead atoms. The van der Waals surface area contributed by atoms with E-state index >= 15 is 0 Å². The molecular formula is C20H26N2O4. The highest BCUT2D eigenvalue weighted by Crippen LogP contribution is 2.58. The van der Waals surface area contributed by atoms with Crippen LogP contribution < -0.4 is 10.4 Å². The summed E-state index contributed by atoms with van der Waals surface area (Å²) in [6, 6.07) is 8.07. The molecule has 1 spiro atoms. The minimum atomic E-state index is -0.705. The van der Waals surface area contributed by atoms with Gasteiger partial charge in [0.2, 0.25) is 0 Å². The smallest absolute Gasteiger partial charge is 0.264 e. The maximum absolute atomic E-state index is 13.5. The largest absolute Gasteiger partial charge is 0.394 e. The van der Waals surface area contributed by atoms with Crippen LogP contribution >= 0.6 is 0 Å². The van der Waals surface area contributed by atoms with Gasteiger partial charge >= 0.3 is 0 Å². The summed E-state index contributed by atoms with van der Waals surface area (Å²) in [6.07, 6.45) is 2.19. The van der Waals surface area contributed by atoms with Crippen LogP contribution in [0.1, 0.15) is 31.7 Å². The second-order valence-corrected chi connectivity index (χ2v) is 8.22.